The molecule has 0 heterocycles. The smallest absolute Gasteiger partial charge is 0.305 e. The van der Waals surface area contributed by atoms with Gasteiger partial charge in [0.2, 0.25) is 11.8 Å². The second-order valence-corrected chi connectivity index (χ2v) is 5.86. The first kappa shape index (κ1) is 21.6. The van der Waals surface area contributed by atoms with Crippen LogP contribution < -0.4 is 16.4 Å². The molecule has 6 N–H and O–H groups in total. The van der Waals surface area contributed by atoms with Gasteiger partial charge in [0, 0.05) is 7.11 Å². The van der Waals surface area contributed by atoms with E-state index in [0.29, 0.717) is 0 Å². The first-order chi connectivity index (χ1) is 12.3. The SMILES string of the molecule is COC[C@H](NC(=O)[C@H](NC(=O)[C@@H](N)CC(=O)O)[C@H](C)O)c1ccccc1. The molecule has 0 radical (unpaired) electrons. The summed E-state index contributed by atoms with van der Waals surface area (Å²) in [5.74, 6) is -2.71. The Labute approximate surface area is 151 Å². The Morgan fingerprint density at radius 2 is 1.77 bits per heavy atom. The minimum Gasteiger partial charge on any atom is -0.481 e. The van der Waals surface area contributed by atoms with Crippen LogP contribution in [0.4, 0.5) is 0 Å². The van der Waals surface area contributed by atoms with E-state index in [0.717, 1.165) is 5.56 Å². The molecular weight excluding hydrogens is 342 g/mol. The first-order valence-electron chi connectivity index (χ1n) is 8.06. The molecule has 0 aliphatic heterocycles. The number of hydrogen-bond donors (Lipinski definition) is 5. The summed E-state index contributed by atoms with van der Waals surface area (Å²) in [6.07, 6.45) is -1.80. The van der Waals surface area contributed by atoms with Crippen LogP contribution in [0.15, 0.2) is 30.3 Å². The molecule has 1 rings (SSSR count). The van der Waals surface area contributed by atoms with Gasteiger partial charge in [-0.1, -0.05) is 30.3 Å². The van der Waals surface area contributed by atoms with E-state index in [2.05, 4.69) is 10.6 Å². The maximum Gasteiger partial charge on any atom is 0.305 e. The van der Waals surface area contributed by atoms with E-state index >= 15 is 0 Å². The third-order valence-electron chi connectivity index (χ3n) is 3.65. The fraction of sp³-hybridized carbons (Fsp3) is 0.471. The number of carbonyl (C=O) groups is 3. The molecule has 26 heavy (non-hydrogen) atoms. The van der Waals surface area contributed by atoms with Crippen LogP contribution in [0.3, 0.4) is 0 Å². The van der Waals surface area contributed by atoms with Crippen molar-refractivity contribution < 1.29 is 29.3 Å². The summed E-state index contributed by atoms with van der Waals surface area (Å²) in [5.41, 5.74) is 6.27. The molecule has 0 aliphatic rings. The van der Waals surface area contributed by atoms with Gasteiger partial charge in [-0.05, 0) is 12.5 Å². The lowest BCUT2D eigenvalue weighted by molar-refractivity contribution is -0.140. The molecule has 0 unspecified atom stereocenters. The molecular formula is C17H25N3O6. The highest BCUT2D eigenvalue weighted by atomic mass is 16.5. The summed E-state index contributed by atoms with van der Waals surface area (Å²) in [5, 5.41) is 23.5. The number of aliphatic carboxylic acids is 1. The molecule has 0 fully saturated rings. The average Bonchev–Trinajstić information content (AvgIpc) is 2.58. The topological polar surface area (TPSA) is 151 Å². The van der Waals surface area contributed by atoms with Gasteiger partial charge in [-0.2, -0.15) is 0 Å². The van der Waals surface area contributed by atoms with E-state index < -0.39 is 48.4 Å². The zero-order valence-electron chi connectivity index (χ0n) is 14.7. The van der Waals surface area contributed by atoms with Crippen molar-refractivity contribution in [3.05, 3.63) is 35.9 Å². The summed E-state index contributed by atoms with van der Waals surface area (Å²) in [4.78, 5) is 35.1. The zero-order chi connectivity index (χ0) is 19.7. The third-order valence-corrected chi connectivity index (χ3v) is 3.65. The minimum atomic E-state index is -1.33. The molecule has 2 amide bonds. The van der Waals surface area contributed by atoms with Crippen LogP contribution in [-0.2, 0) is 19.1 Å². The Hall–Kier alpha value is -2.49. The van der Waals surface area contributed by atoms with Crippen LogP contribution in [0.2, 0.25) is 0 Å². The molecule has 0 aromatic heterocycles. The molecule has 0 spiro atoms. The molecule has 0 saturated heterocycles. The van der Waals surface area contributed by atoms with E-state index in [4.69, 9.17) is 15.6 Å². The number of ether oxygens (including phenoxy) is 1. The van der Waals surface area contributed by atoms with E-state index in [1.807, 2.05) is 30.3 Å². The first-order valence-corrected chi connectivity index (χ1v) is 8.06. The Bertz CT molecular complexity index is 608. The van der Waals surface area contributed by atoms with Gasteiger partial charge in [0.05, 0.1) is 31.2 Å². The lowest BCUT2D eigenvalue weighted by Gasteiger charge is -2.25. The van der Waals surface area contributed by atoms with Crippen LogP contribution >= 0.6 is 0 Å². The maximum atomic E-state index is 12.5. The lowest BCUT2D eigenvalue weighted by atomic mass is 10.1. The number of nitrogens with one attached hydrogen (secondary N) is 2. The van der Waals surface area contributed by atoms with Gasteiger partial charge in [0.25, 0.3) is 0 Å². The number of hydrogen-bond acceptors (Lipinski definition) is 6. The van der Waals surface area contributed by atoms with Crippen molar-refractivity contribution >= 4 is 17.8 Å². The van der Waals surface area contributed by atoms with Gasteiger partial charge < -0.3 is 31.3 Å². The quantitative estimate of drug-likeness (QED) is 0.361. The van der Waals surface area contributed by atoms with Crippen molar-refractivity contribution in [2.75, 3.05) is 13.7 Å². The van der Waals surface area contributed by atoms with Crippen LogP contribution in [0, 0.1) is 0 Å². The van der Waals surface area contributed by atoms with Crippen molar-refractivity contribution in [2.24, 2.45) is 5.73 Å². The fourth-order valence-corrected chi connectivity index (χ4v) is 2.28. The molecule has 9 heteroatoms. The van der Waals surface area contributed by atoms with Crippen LogP contribution in [0.1, 0.15) is 24.9 Å². The summed E-state index contributed by atoms with van der Waals surface area (Å²) in [6.45, 7) is 1.52. The monoisotopic (exact) mass is 367 g/mol. The van der Waals surface area contributed by atoms with Gasteiger partial charge in [-0.15, -0.1) is 0 Å². The summed E-state index contributed by atoms with van der Waals surface area (Å²) >= 11 is 0. The third kappa shape index (κ3) is 6.79. The van der Waals surface area contributed by atoms with Crippen molar-refractivity contribution in [2.45, 2.75) is 37.6 Å². The molecule has 1 aromatic rings. The van der Waals surface area contributed by atoms with E-state index in [1.165, 1.54) is 14.0 Å². The number of aliphatic hydroxyl groups excluding tert-OH is 1. The number of amides is 2. The number of aliphatic hydroxyl groups is 1. The fourth-order valence-electron chi connectivity index (χ4n) is 2.28. The molecule has 9 nitrogen and oxygen atoms in total. The Kier molecular flexibility index (Phi) is 8.70. The molecule has 0 saturated carbocycles. The number of methoxy groups -OCH3 is 1. The van der Waals surface area contributed by atoms with Crippen LogP contribution in [-0.4, -0.2) is 59.9 Å². The average molecular weight is 367 g/mol. The number of benzene rings is 1. The van der Waals surface area contributed by atoms with Gasteiger partial charge in [-0.3, -0.25) is 14.4 Å². The van der Waals surface area contributed by atoms with Crippen molar-refractivity contribution in [3.63, 3.8) is 0 Å². The second kappa shape index (κ2) is 10.5. The normalized spacial score (nSPS) is 15.4. The molecule has 1 aromatic carbocycles. The predicted octanol–water partition coefficient (Wildman–Crippen LogP) is -0.842. The van der Waals surface area contributed by atoms with Crippen LogP contribution in [0.25, 0.3) is 0 Å². The number of carboxylic acids is 1. The summed E-state index contributed by atoms with van der Waals surface area (Å²) in [6, 6.07) is 5.96. The van der Waals surface area contributed by atoms with Crippen LogP contribution in [0.5, 0.6) is 0 Å². The zero-order valence-corrected chi connectivity index (χ0v) is 14.7. The van der Waals surface area contributed by atoms with E-state index in [9.17, 15) is 19.5 Å². The van der Waals surface area contributed by atoms with E-state index in [-0.39, 0.29) is 6.61 Å². The number of rotatable bonds is 10. The molecule has 0 bridgehead atoms. The van der Waals surface area contributed by atoms with Gasteiger partial charge in [0.15, 0.2) is 0 Å². The summed E-state index contributed by atoms with van der Waals surface area (Å²) < 4.78 is 5.11. The van der Waals surface area contributed by atoms with Gasteiger partial charge >= 0.3 is 5.97 Å². The van der Waals surface area contributed by atoms with Crippen molar-refractivity contribution in [1.29, 1.82) is 0 Å². The highest BCUT2D eigenvalue weighted by molar-refractivity contribution is 5.91. The minimum absolute atomic E-state index is 0.189. The molecule has 144 valence electrons. The summed E-state index contributed by atoms with van der Waals surface area (Å²) in [7, 11) is 1.49. The molecule has 4 atom stereocenters. The second-order valence-electron chi connectivity index (χ2n) is 5.86. The Balaban J connectivity index is 2.83. The maximum absolute atomic E-state index is 12.5. The number of carboxylic acid groups (broad SMARTS) is 1. The predicted molar refractivity (Wildman–Crippen MR) is 93.0 cm³/mol. The largest absolute Gasteiger partial charge is 0.481 e. The Morgan fingerprint density at radius 1 is 1.15 bits per heavy atom. The highest BCUT2D eigenvalue weighted by Gasteiger charge is 2.30. The van der Waals surface area contributed by atoms with Gasteiger partial charge in [-0.25, -0.2) is 0 Å². The molecule has 0 aliphatic carbocycles. The number of carbonyl (C=O) groups excluding carboxylic acids is 2. The highest BCUT2D eigenvalue weighted by Crippen LogP contribution is 2.13. The van der Waals surface area contributed by atoms with Crippen molar-refractivity contribution in [3.8, 4) is 0 Å². The number of nitrogens with two attached hydrogens (primary N) is 1. The van der Waals surface area contributed by atoms with E-state index in [1.54, 1.807) is 0 Å². The lowest BCUT2D eigenvalue weighted by Crippen LogP contribution is -2.56. The Morgan fingerprint density at radius 3 is 2.27 bits per heavy atom. The standard InChI is InChI=1S/C17H25N3O6/c1-10(21)15(20-16(24)12(18)8-14(22)23)17(25)19-13(9-26-2)11-6-4-3-5-7-11/h3-7,10,12-13,15,21H,8-9,18H2,1-2H3,(H,19,25)(H,20,24)(H,22,23)/t10-,12-,13-,15+/m0/s1. The van der Waals surface area contributed by atoms with Gasteiger partial charge in [0.1, 0.15) is 6.04 Å². The van der Waals surface area contributed by atoms with Crippen molar-refractivity contribution in [1.82, 2.24) is 10.6 Å².